The Balaban J connectivity index is 1.49. The summed E-state index contributed by atoms with van der Waals surface area (Å²) in [6, 6.07) is 5.55. The Morgan fingerprint density at radius 2 is 1.33 bits per heavy atom. The van der Waals surface area contributed by atoms with Crippen LogP contribution in [-0.4, -0.2) is 0 Å². The Morgan fingerprint density at radius 1 is 0.697 bits per heavy atom. The van der Waals surface area contributed by atoms with Crippen LogP contribution < -0.4 is 0 Å². The standard InChI is InChI=1S/C29H38F4/c1-3-4-5-6-7-8-9-10-11-21-12-14-22(15-13-21)23-16-17-24(27(31)18-23)25-19-26(30)20(2)28(32)29(25)33/h16-19,21-22H,3-15H2,1-2H3. The Hall–Kier alpha value is -1.84. The molecule has 2 aromatic carbocycles. The highest BCUT2D eigenvalue weighted by molar-refractivity contribution is 5.66. The zero-order valence-electron chi connectivity index (χ0n) is 20.2. The lowest BCUT2D eigenvalue weighted by atomic mass is 9.77. The molecular weight excluding hydrogens is 424 g/mol. The summed E-state index contributed by atoms with van der Waals surface area (Å²) in [5.41, 5.74) is 0.0402. The molecule has 4 heteroatoms. The number of halogens is 4. The summed E-state index contributed by atoms with van der Waals surface area (Å²) >= 11 is 0. The van der Waals surface area contributed by atoms with Gasteiger partial charge in [0.15, 0.2) is 11.6 Å². The van der Waals surface area contributed by atoms with Crippen LogP contribution >= 0.6 is 0 Å². The molecule has 0 atom stereocenters. The van der Waals surface area contributed by atoms with Crippen molar-refractivity contribution in [1.29, 1.82) is 0 Å². The maximum atomic E-state index is 14.8. The average Bonchev–Trinajstić information content (AvgIpc) is 2.82. The summed E-state index contributed by atoms with van der Waals surface area (Å²) in [6.45, 7) is 3.42. The van der Waals surface area contributed by atoms with Crippen molar-refractivity contribution in [1.82, 2.24) is 0 Å². The molecule has 0 aromatic heterocycles. The minimum Gasteiger partial charge on any atom is -0.207 e. The fourth-order valence-corrected chi connectivity index (χ4v) is 5.24. The van der Waals surface area contributed by atoms with Crippen molar-refractivity contribution in [2.75, 3.05) is 0 Å². The second kappa shape index (κ2) is 12.6. The van der Waals surface area contributed by atoms with Crippen molar-refractivity contribution in [3.63, 3.8) is 0 Å². The van der Waals surface area contributed by atoms with E-state index in [1.54, 1.807) is 6.07 Å². The smallest absolute Gasteiger partial charge is 0.167 e. The lowest BCUT2D eigenvalue weighted by Gasteiger charge is -2.29. The molecule has 0 bridgehead atoms. The summed E-state index contributed by atoms with van der Waals surface area (Å²) in [4.78, 5) is 0. The van der Waals surface area contributed by atoms with Crippen LogP contribution in [0.3, 0.4) is 0 Å². The van der Waals surface area contributed by atoms with Gasteiger partial charge in [0.1, 0.15) is 11.6 Å². The number of rotatable bonds is 11. The average molecular weight is 463 g/mol. The first-order valence-corrected chi connectivity index (χ1v) is 12.9. The summed E-state index contributed by atoms with van der Waals surface area (Å²) in [7, 11) is 0. The van der Waals surface area contributed by atoms with Crippen LogP contribution in [-0.2, 0) is 0 Å². The first kappa shape index (κ1) is 25.8. The molecule has 0 amide bonds. The molecule has 1 saturated carbocycles. The van der Waals surface area contributed by atoms with Crippen molar-refractivity contribution in [2.24, 2.45) is 5.92 Å². The lowest BCUT2D eigenvalue weighted by molar-refractivity contribution is 0.301. The largest absolute Gasteiger partial charge is 0.207 e. The number of hydrogen-bond donors (Lipinski definition) is 0. The van der Waals surface area contributed by atoms with E-state index in [2.05, 4.69) is 6.92 Å². The molecule has 0 nitrogen and oxygen atoms in total. The van der Waals surface area contributed by atoms with Crippen LogP contribution in [0, 0.1) is 36.1 Å². The van der Waals surface area contributed by atoms with E-state index in [0.29, 0.717) is 5.92 Å². The van der Waals surface area contributed by atoms with Crippen molar-refractivity contribution in [2.45, 2.75) is 103 Å². The van der Waals surface area contributed by atoms with Crippen molar-refractivity contribution < 1.29 is 17.6 Å². The van der Waals surface area contributed by atoms with Crippen LogP contribution in [0.1, 0.15) is 107 Å². The zero-order valence-corrected chi connectivity index (χ0v) is 20.2. The molecule has 0 spiro atoms. The van der Waals surface area contributed by atoms with Crippen LogP contribution in [0.4, 0.5) is 17.6 Å². The van der Waals surface area contributed by atoms with E-state index in [9.17, 15) is 17.6 Å². The Labute approximate surface area is 196 Å². The van der Waals surface area contributed by atoms with Gasteiger partial charge in [-0.05, 0) is 62.1 Å². The minimum atomic E-state index is -1.26. The van der Waals surface area contributed by atoms with Gasteiger partial charge in [0.05, 0.1) is 0 Å². The highest BCUT2D eigenvalue weighted by atomic mass is 19.2. The first-order valence-electron chi connectivity index (χ1n) is 12.9. The summed E-state index contributed by atoms with van der Waals surface area (Å²) < 4.78 is 57.0. The SMILES string of the molecule is CCCCCCCCCCC1CCC(c2ccc(-c3cc(F)c(C)c(F)c3F)c(F)c2)CC1. The molecule has 0 saturated heterocycles. The van der Waals surface area contributed by atoms with Gasteiger partial charge in [-0.25, -0.2) is 17.6 Å². The van der Waals surface area contributed by atoms with Gasteiger partial charge in [0.25, 0.3) is 0 Å². The Bertz CT molecular complexity index is 897. The van der Waals surface area contributed by atoms with Crippen LogP contribution in [0.2, 0.25) is 0 Å². The maximum absolute atomic E-state index is 14.8. The van der Waals surface area contributed by atoms with Gasteiger partial charge >= 0.3 is 0 Å². The van der Waals surface area contributed by atoms with Gasteiger partial charge in [0, 0.05) is 16.7 Å². The van der Waals surface area contributed by atoms with E-state index < -0.39 is 28.8 Å². The van der Waals surface area contributed by atoms with Crippen molar-refractivity contribution >= 4 is 0 Å². The van der Waals surface area contributed by atoms with E-state index in [4.69, 9.17) is 0 Å². The molecule has 0 radical (unpaired) electrons. The summed E-state index contributed by atoms with van der Waals surface area (Å²) in [5.74, 6) is -2.92. The molecule has 0 heterocycles. The fourth-order valence-electron chi connectivity index (χ4n) is 5.24. The van der Waals surface area contributed by atoms with E-state index in [0.717, 1.165) is 43.2 Å². The van der Waals surface area contributed by atoms with Gasteiger partial charge < -0.3 is 0 Å². The lowest BCUT2D eigenvalue weighted by Crippen LogP contribution is -2.13. The molecule has 0 aliphatic heterocycles. The molecule has 0 N–H and O–H groups in total. The predicted octanol–water partition coefficient (Wildman–Crippen LogP) is 10.0. The van der Waals surface area contributed by atoms with Crippen LogP contribution in [0.25, 0.3) is 11.1 Å². The first-order chi connectivity index (χ1) is 15.9. The molecule has 1 fully saturated rings. The molecule has 1 aliphatic rings. The van der Waals surface area contributed by atoms with E-state index in [1.165, 1.54) is 76.8 Å². The van der Waals surface area contributed by atoms with E-state index in [-0.39, 0.29) is 11.1 Å². The summed E-state index contributed by atoms with van der Waals surface area (Å²) in [6.07, 6.45) is 16.4. The third-order valence-electron chi connectivity index (χ3n) is 7.46. The summed E-state index contributed by atoms with van der Waals surface area (Å²) in [5, 5.41) is 0. The van der Waals surface area contributed by atoms with Crippen molar-refractivity contribution in [3.8, 4) is 11.1 Å². The second-order valence-corrected chi connectivity index (χ2v) is 9.88. The van der Waals surface area contributed by atoms with Gasteiger partial charge in [-0.15, -0.1) is 0 Å². The maximum Gasteiger partial charge on any atom is 0.167 e. The van der Waals surface area contributed by atoms with Gasteiger partial charge in [-0.3, -0.25) is 0 Å². The van der Waals surface area contributed by atoms with Crippen LogP contribution in [0.15, 0.2) is 24.3 Å². The molecule has 0 unspecified atom stereocenters. The van der Waals surface area contributed by atoms with E-state index in [1.807, 2.05) is 0 Å². The Kier molecular flexibility index (Phi) is 9.82. The third kappa shape index (κ3) is 6.83. The second-order valence-electron chi connectivity index (χ2n) is 9.88. The zero-order chi connectivity index (χ0) is 23.8. The van der Waals surface area contributed by atoms with Gasteiger partial charge in [0.2, 0.25) is 0 Å². The molecular formula is C29H38F4. The van der Waals surface area contributed by atoms with Gasteiger partial charge in [-0.2, -0.15) is 0 Å². The molecule has 1 aliphatic carbocycles. The quantitative estimate of drug-likeness (QED) is 0.177. The monoisotopic (exact) mass is 462 g/mol. The molecule has 3 rings (SSSR count). The van der Waals surface area contributed by atoms with Crippen molar-refractivity contribution in [3.05, 3.63) is 58.7 Å². The van der Waals surface area contributed by atoms with Crippen LogP contribution in [0.5, 0.6) is 0 Å². The minimum absolute atomic E-state index is 0.0996. The molecule has 2 aromatic rings. The van der Waals surface area contributed by atoms with Gasteiger partial charge in [-0.1, -0.05) is 76.8 Å². The third-order valence-corrected chi connectivity index (χ3v) is 7.46. The highest BCUT2D eigenvalue weighted by Gasteiger charge is 2.24. The Morgan fingerprint density at radius 3 is 1.97 bits per heavy atom. The highest BCUT2D eigenvalue weighted by Crippen LogP contribution is 2.39. The predicted molar refractivity (Wildman–Crippen MR) is 128 cm³/mol. The molecule has 182 valence electrons. The number of unbranched alkanes of at least 4 members (excludes halogenated alkanes) is 7. The fraction of sp³-hybridized carbons (Fsp3) is 0.586. The van der Waals surface area contributed by atoms with E-state index >= 15 is 0 Å². The normalized spacial score (nSPS) is 18.6. The topological polar surface area (TPSA) is 0 Å². The number of hydrogen-bond acceptors (Lipinski definition) is 0. The molecule has 33 heavy (non-hydrogen) atoms. The number of benzene rings is 2.